The number of halogens is 1. The Balaban J connectivity index is 2.33. The zero-order valence-electron chi connectivity index (χ0n) is 9.59. The van der Waals surface area contributed by atoms with Crippen molar-refractivity contribution in [2.75, 3.05) is 13.1 Å². The molecule has 0 bridgehead atoms. The van der Waals surface area contributed by atoms with Gasteiger partial charge in [0.15, 0.2) is 11.6 Å². The molecule has 2 nitrogen and oxygen atoms in total. The molecule has 88 valence electrons. The first-order chi connectivity index (χ1) is 7.72. The van der Waals surface area contributed by atoms with Crippen LogP contribution in [0.15, 0.2) is 12.1 Å². The lowest BCUT2D eigenvalue weighted by Crippen LogP contribution is -2.26. The second kappa shape index (κ2) is 4.83. The maximum absolute atomic E-state index is 13.5. The summed E-state index contributed by atoms with van der Waals surface area (Å²) in [7, 11) is 0. The Hall–Kier alpha value is -1.09. The number of nitrogens with one attached hydrogen (secondary N) is 1. The number of phenols is 1. The van der Waals surface area contributed by atoms with Gasteiger partial charge in [-0.3, -0.25) is 0 Å². The summed E-state index contributed by atoms with van der Waals surface area (Å²) in [6.45, 7) is 3.89. The van der Waals surface area contributed by atoms with Crippen LogP contribution in [0.2, 0.25) is 0 Å². The highest BCUT2D eigenvalue weighted by Crippen LogP contribution is 2.34. The van der Waals surface area contributed by atoms with Crippen LogP contribution in [0.3, 0.4) is 0 Å². The minimum atomic E-state index is -0.479. The van der Waals surface area contributed by atoms with E-state index in [0.717, 1.165) is 43.5 Å². The fraction of sp³-hybridized carbons (Fsp3) is 0.538. The van der Waals surface area contributed by atoms with Gasteiger partial charge in [-0.15, -0.1) is 0 Å². The summed E-state index contributed by atoms with van der Waals surface area (Å²) in [5.74, 6) is -0.334. The molecule has 0 unspecified atom stereocenters. The molecule has 0 radical (unpaired) electrons. The summed E-state index contributed by atoms with van der Waals surface area (Å²) in [6, 6.07) is 3.38. The summed E-state index contributed by atoms with van der Waals surface area (Å²) in [4.78, 5) is 0. The number of piperidine rings is 1. The smallest absolute Gasteiger partial charge is 0.165 e. The zero-order valence-corrected chi connectivity index (χ0v) is 9.59. The van der Waals surface area contributed by atoms with Crippen molar-refractivity contribution in [1.29, 1.82) is 0 Å². The lowest BCUT2D eigenvalue weighted by Gasteiger charge is -2.24. The maximum Gasteiger partial charge on any atom is 0.165 e. The van der Waals surface area contributed by atoms with Crippen LogP contribution in [0.4, 0.5) is 4.39 Å². The Kier molecular flexibility index (Phi) is 3.44. The lowest BCUT2D eigenvalue weighted by molar-refractivity contribution is 0.399. The molecule has 3 heteroatoms. The molecule has 1 aliphatic heterocycles. The molecule has 1 aromatic rings. The average Bonchev–Trinajstić information content (AvgIpc) is 2.33. The van der Waals surface area contributed by atoms with Crippen LogP contribution < -0.4 is 5.32 Å². The van der Waals surface area contributed by atoms with Crippen molar-refractivity contribution in [3.05, 3.63) is 29.1 Å². The number of aryl methyl sites for hydroxylation is 1. The van der Waals surface area contributed by atoms with Crippen LogP contribution >= 0.6 is 0 Å². The summed E-state index contributed by atoms with van der Waals surface area (Å²) in [5, 5.41) is 13.0. The fourth-order valence-electron chi connectivity index (χ4n) is 2.33. The Bertz CT molecular complexity index is 372. The van der Waals surface area contributed by atoms with Crippen molar-refractivity contribution < 1.29 is 9.50 Å². The monoisotopic (exact) mass is 223 g/mol. The van der Waals surface area contributed by atoms with Gasteiger partial charge in [0.25, 0.3) is 0 Å². The van der Waals surface area contributed by atoms with Crippen molar-refractivity contribution in [3.63, 3.8) is 0 Å². The van der Waals surface area contributed by atoms with Gasteiger partial charge >= 0.3 is 0 Å². The Morgan fingerprint density at radius 1 is 1.38 bits per heavy atom. The number of hydrogen-bond donors (Lipinski definition) is 2. The quantitative estimate of drug-likeness (QED) is 0.807. The molecule has 1 aliphatic rings. The molecule has 2 N–H and O–H groups in total. The normalized spacial score (nSPS) is 17.6. The van der Waals surface area contributed by atoms with Gasteiger partial charge < -0.3 is 10.4 Å². The van der Waals surface area contributed by atoms with Gasteiger partial charge in [-0.2, -0.15) is 0 Å². The molecule has 1 aromatic carbocycles. The van der Waals surface area contributed by atoms with Crippen LogP contribution in [0.5, 0.6) is 5.75 Å². The summed E-state index contributed by atoms with van der Waals surface area (Å²) in [5.41, 5.74) is 1.75. The Labute approximate surface area is 95.5 Å². The summed E-state index contributed by atoms with van der Waals surface area (Å²) >= 11 is 0. The molecular formula is C13H18FNO. The van der Waals surface area contributed by atoms with Gasteiger partial charge in [0.1, 0.15) is 0 Å². The van der Waals surface area contributed by atoms with Gasteiger partial charge in [-0.1, -0.05) is 13.0 Å². The predicted molar refractivity (Wildman–Crippen MR) is 62.3 cm³/mol. The van der Waals surface area contributed by atoms with Crippen molar-refractivity contribution in [3.8, 4) is 5.75 Å². The number of aromatic hydroxyl groups is 1. The molecule has 2 rings (SSSR count). The summed E-state index contributed by atoms with van der Waals surface area (Å²) in [6.07, 6.45) is 2.75. The molecular weight excluding hydrogens is 205 g/mol. The molecule has 0 atom stereocenters. The van der Waals surface area contributed by atoms with E-state index in [2.05, 4.69) is 5.32 Å². The van der Waals surface area contributed by atoms with Crippen LogP contribution in [0.25, 0.3) is 0 Å². The fourth-order valence-corrected chi connectivity index (χ4v) is 2.33. The topological polar surface area (TPSA) is 32.3 Å². The average molecular weight is 223 g/mol. The van der Waals surface area contributed by atoms with Crippen molar-refractivity contribution in [2.45, 2.75) is 32.1 Å². The Morgan fingerprint density at radius 3 is 2.69 bits per heavy atom. The number of benzene rings is 1. The molecule has 0 saturated carbocycles. The summed E-state index contributed by atoms with van der Waals surface area (Å²) < 4.78 is 13.5. The Morgan fingerprint density at radius 2 is 2.06 bits per heavy atom. The molecule has 1 saturated heterocycles. The molecule has 0 aromatic heterocycles. The standard InChI is InChI=1S/C13H18FNO/c1-2-9-7-11(13(16)12(14)8-9)10-3-5-15-6-4-10/h7-8,10,15-16H,2-6H2,1H3. The van der Waals surface area contributed by atoms with E-state index < -0.39 is 5.82 Å². The third kappa shape index (κ3) is 2.19. The van der Waals surface area contributed by atoms with E-state index in [0.29, 0.717) is 5.92 Å². The first-order valence-corrected chi connectivity index (χ1v) is 5.94. The highest BCUT2D eigenvalue weighted by Gasteiger charge is 2.20. The predicted octanol–water partition coefficient (Wildman–Crippen LogP) is 2.56. The second-order valence-electron chi connectivity index (χ2n) is 4.39. The van der Waals surface area contributed by atoms with E-state index in [1.807, 2.05) is 13.0 Å². The molecule has 1 fully saturated rings. The third-order valence-corrected chi connectivity index (χ3v) is 3.34. The SMILES string of the molecule is CCc1cc(F)c(O)c(C2CCNCC2)c1. The number of hydrogen-bond acceptors (Lipinski definition) is 2. The van der Waals surface area contributed by atoms with Crippen LogP contribution in [0.1, 0.15) is 36.8 Å². The minimum absolute atomic E-state index is 0.149. The van der Waals surface area contributed by atoms with E-state index >= 15 is 0 Å². The van der Waals surface area contributed by atoms with Gasteiger partial charge in [0.2, 0.25) is 0 Å². The van der Waals surface area contributed by atoms with Crippen molar-refractivity contribution in [1.82, 2.24) is 5.32 Å². The van der Waals surface area contributed by atoms with Crippen LogP contribution in [-0.2, 0) is 6.42 Å². The molecule has 0 spiro atoms. The second-order valence-corrected chi connectivity index (χ2v) is 4.39. The van der Waals surface area contributed by atoms with E-state index in [9.17, 15) is 9.50 Å². The highest BCUT2D eigenvalue weighted by atomic mass is 19.1. The van der Waals surface area contributed by atoms with Crippen molar-refractivity contribution in [2.24, 2.45) is 0 Å². The minimum Gasteiger partial charge on any atom is -0.505 e. The van der Waals surface area contributed by atoms with Crippen LogP contribution in [0, 0.1) is 5.82 Å². The van der Waals surface area contributed by atoms with Crippen LogP contribution in [-0.4, -0.2) is 18.2 Å². The van der Waals surface area contributed by atoms with E-state index in [4.69, 9.17) is 0 Å². The van der Waals surface area contributed by atoms with Gasteiger partial charge in [-0.25, -0.2) is 4.39 Å². The molecule has 16 heavy (non-hydrogen) atoms. The zero-order chi connectivity index (χ0) is 11.5. The number of phenolic OH excluding ortho intramolecular Hbond substituents is 1. The van der Waals surface area contributed by atoms with E-state index in [1.54, 1.807) is 0 Å². The largest absolute Gasteiger partial charge is 0.505 e. The third-order valence-electron chi connectivity index (χ3n) is 3.34. The molecule has 0 aliphatic carbocycles. The van der Waals surface area contributed by atoms with Crippen molar-refractivity contribution >= 4 is 0 Å². The highest BCUT2D eigenvalue weighted by molar-refractivity contribution is 5.40. The van der Waals surface area contributed by atoms with Gasteiger partial charge in [-0.05, 0) is 49.9 Å². The first kappa shape index (κ1) is 11.4. The van der Waals surface area contributed by atoms with E-state index in [-0.39, 0.29) is 5.75 Å². The number of rotatable bonds is 2. The van der Waals surface area contributed by atoms with Gasteiger partial charge in [0.05, 0.1) is 0 Å². The lowest BCUT2D eigenvalue weighted by atomic mass is 9.88. The molecule has 0 amide bonds. The first-order valence-electron chi connectivity index (χ1n) is 5.94. The maximum atomic E-state index is 13.5. The van der Waals surface area contributed by atoms with Gasteiger partial charge in [0, 0.05) is 5.56 Å². The van der Waals surface area contributed by atoms with E-state index in [1.165, 1.54) is 6.07 Å². The molecule has 1 heterocycles.